The first-order valence-corrected chi connectivity index (χ1v) is 8.46. The Morgan fingerprint density at radius 3 is 2.20 bits per heavy atom. The maximum absolute atomic E-state index is 12.3. The van der Waals surface area contributed by atoms with Crippen LogP contribution in [0, 0.1) is 0 Å². The van der Waals surface area contributed by atoms with Crippen LogP contribution >= 0.6 is 8.03 Å². The highest BCUT2D eigenvalue weighted by molar-refractivity contribution is 7.39. The minimum absolute atomic E-state index is 0.0250. The van der Waals surface area contributed by atoms with Crippen LogP contribution in [0.25, 0.3) is 0 Å². The summed E-state index contributed by atoms with van der Waals surface area (Å²) in [5.74, 6) is 0. The molecule has 0 radical (unpaired) electrons. The maximum atomic E-state index is 12.3. The van der Waals surface area contributed by atoms with Gasteiger partial charge < -0.3 is 4.52 Å². The van der Waals surface area contributed by atoms with Crippen LogP contribution in [0.5, 0.6) is 0 Å². The van der Waals surface area contributed by atoms with E-state index in [-0.39, 0.29) is 5.66 Å². The maximum Gasteiger partial charge on any atom is 0.198 e. The van der Waals surface area contributed by atoms with E-state index < -0.39 is 8.03 Å². The first kappa shape index (κ1) is 15.0. The lowest BCUT2D eigenvalue weighted by Crippen LogP contribution is -1.98. The number of rotatable bonds is 7. The summed E-state index contributed by atoms with van der Waals surface area (Å²) in [4.78, 5) is 0. The van der Waals surface area contributed by atoms with Crippen LogP contribution < -0.4 is 0 Å². The molecule has 0 spiro atoms. The number of benzene rings is 2. The second-order valence-electron chi connectivity index (χ2n) is 4.77. The number of hydrogen-bond acceptors (Lipinski definition) is 2. The van der Waals surface area contributed by atoms with Crippen molar-refractivity contribution in [3.05, 3.63) is 71.8 Å². The van der Waals surface area contributed by atoms with E-state index in [0.717, 1.165) is 18.4 Å². The van der Waals surface area contributed by atoms with Gasteiger partial charge in [0.1, 0.15) is 0 Å². The highest BCUT2D eigenvalue weighted by Gasteiger charge is 2.16. The van der Waals surface area contributed by atoms with Crippen molar-refractivity contribution in [1.82, 2.24) is 0 Å². The molecule has 2 aromatic rings. The molecule has 0 aliphatic heterocycles. The lowest BCUT2D eigenvalue weighted by Gasteiger charge is -2.15. The van der Waals surface area contributed by atoms with Gasteiger partial charge in [0.2, 0.25) is 0 Å². The van der Waals surface area contributed by atoms with Gasteiger partial charge in [0.15, 0.2) is 8.03 Å². The molecular formula is C17H21O2P. The van der Waals surface area contributed by atoms with Gasteiger partial charge in [0.25, 0.3) is 0 Å². The first-order valence-electron chi connectivity index (χ1n) is 7.06. The molecule has 0 bridgehead atoms. The zero-order valence-electron chi connectivity index (χ0n) is 11.8. The monoisotopic (exact) mass is 288 g/mol. The largest absolute Gasteiger partial charge is 0.330 e. The molecule has 3 heteroatoms. The molecule has 106 valence electrons. The van der Waals surface area contributed by atoms with Crippen molar-refractivity contribution in [3.63, 3.8) is 0 Å². The summed E-state index contributed by atoms with van der Waals surface area (Å²) in [5, 5.41) is 0. The smallest absolute Gasteiger partial charge is 0.198 e. The Balaban J connectivity index is 1.87. The third-order valence-electron chi connectivity index (χ3n) is 3.37. The molecule has 0 heterocycles. The lowest BCUT2D eigenvalue weighted by molar-refractivity contribution is 0.326. The second kappa shape index (κ2) is 8.04. The van der Waals surface area contributed by atoms with Crippen LogP contribution in [-0.4, -0.2) is 6.61 Å². The molecule has 2 rings (SSSR count). The summed E-state index contributed by atoms with van der Waals surface area (Å²) in [5.41, 5.74) is 2.35. The van der Waals surface area contributed by atoms with Gasteiger partial charge >= 0.3 is 0 Å². The van der Waals surface area contributed by atoms with E-state index in [1.165, 1.54) is 5.56 Å². The van der Waals surface area contributed by atoms with Crippen LogP contribution in [0.3, 0.4) is 0 Å². The highest BCUT2D eigenvalue weighted by Crippen LogP contribution is 2.44. The minimum Gasteiger partial charge on any atom is -0.330 e. The molecule has 20 heavy (non-hydrogen) atoms. The third kappa shape index (κ3) is 4.33. The van der Waals surface area contributed by atoms with Gasteiger partial charge in [-0.2, -0.15) is 0 Å². The summed E-state index contributed by atoms with van der Waals surface area (Å²) >= 11 is 0. The average molecular weight is 288 g/mol. The third-order valence-corrected chi connectivity index (χ3v) is 5.17. The normalized spacial score (nSPS) is 13.8. The molecule has 2 unspecified atom stereocenters. The molecular weight excluding hydrogens is 267 g/mol. The van der Waals surface area contributed by atoms with Crippen molar-refractivity contribution in [2.75, 3.05) is 6.61 Å². The summed E-state index contributed by atoms with van der Waals surface area (Å²) in [6.07, 6.45) is 1.65. The van der Waals surface area contributed by atoms with E-state index in [1.54, 1.807) is 0 Å². The highest BCUT2D eigenvalue weighted by atomic mass is 31.1. The Kier molecular flexibility index (Phi) is 6.04. The Hall–Kier alpha value is -1.37. The molecule has 2 aromatic carbocycles. The Morgan fingerprint density at radius 1 is 1.00 bits per heavy atom. The molecule has 0 saturated heterocycles. The van der Waals surface area contributed by atoms with Gasteiger partial charge in [-0.05, 0) is 24.0 Å². The minimum atomic E-state index is -2.05. The van der Waals surface area contributed by atoms with Gasteiger partial charge in [0.05, 0.1) is 12.3 Å². The van der Waals surface area contributed by atoms with Crippen LogP contribution in [-0.2, 0) is 15.5 Å². The first-order chi connectivity index (χ1) is 9.81. The van der Waals surface area contributed by atoms with Gasteiger partial charge in [-0.1, -0.05) is 67.6 Å². The van der Waals surface area contributed by atoms with Crippen molar-refractivity contribution in [3.8, 4) is 0 Å². The lowest BCUT2D eigenvalue weighted by atomic mass is 10.1. The van der Waals surface area contributed by atoms with Gasteiger partial charge in [-0.25, -0.2) is 0 Å². The molecule has 2 atom stereocenters. The zero-order valence-corrected chi connectivity index (χ0v) is 12.8. The summed E-state index contributed by atoms with van der Waals surface area (Å²) in [6, 6.07) is 20.1. The Labute approximate surface area is 121 Å². The Morgan fingerprint density at radius 2 is 1.60 bits per heavy atom. The van der Waals surface area contributed by atoms with E-state index in [0.29, 0.717) is 6.61 Å². The quantitative estimate of drug-likeness (QED) is 0.679. The van der Waals surface area contributed by atoms with Crippen molar-refractivity contribution in [2.45, 2.75) is 25.4 Å². The summed E-state index contributed by atoms with van der Waals surface area (Å²) < 4.78 is 17.9. The van der Waals surface area contributed by atoms with E-state index >= 15 is 0 Å². The van der Waals surface area contributed by atoms with Crippen molar-refractivity contribution in [2.24, 2.45) is 0 Å². The fraction of sp³-hybridized carbons (Fsp3) is 0.294. The van der Waals surface area contributed by atoms with Crippen molar-refractivity contribution >= 4 is 8.03 Å². The molecule has 0 aromatic heterocycles. The molecule has 0 aliphatic carbocycles. The van der Waals surface area contributed by atoms with Crippen molar-refractivity contribution < 1.29 is 9.09 Å². The Bertz CT molecular complexity index is 525. The molecule has 0 fully saturated rings. The molecule has 0 amide bonds. The van der Waals surface area contributed by atoms with Gasteiger partial charge in [-0.15, -0.1) is 0 Å². The summed E-state index contributed by atoms with van der Waals surface area (Å²) in [6.45, 7) is 2.58. The van der Waals surface area contributed by atoms with E-state index in [1.807, 2.05) is 48.5 Å². The fourth-order valence-corrected chi connectivity index (χ4v) is 3.54. The molecule has 0 saturated carbocycles. The van der Waals surface area contributed by atoms with E-state index in [4.69, 9.17) is 4.52 Å². The van der Waals surface area contributed by atoms with Crippen LogP contribution in [0.15, 0.2) is 60.7 Å². The van der Waals surface area contributed by atoms with Gasteiger partial charge in [-0.3, -0.25) is 4.57 Å². The number of hydrogen-bond donors (Lipinski definition) is 0. The molecule has 0 aliphatic rings. The predicted molar refractivity (Wildman–Crippen MR) is 84.6 cm³/mol. The second-order valence-corrected chi connectivity index (χ2v) is 6.40. The van der Waals surface area contributed by atoms with E-state index in [9.17, 15) is 4.57 Å². The van der Waals surface area contributed by atoms with Crippen LogP contribution in [0.1, 0.15) is 30.1 Å². The SMILES string of the molecule is CCC(c1ccccc1)[PH](=O)OCCc1ccccc1. The molecule has 0 N–H and O–H groups in total. The van der Waals surface area contributed by atoms with E-state index in [2.05, 4.69) is 19.1 Å². The van der Waals surface area contributed by atoms with Crippen molar-refractivity contribution in [1.29, 1.82) is 0 Å². The molecule has 2 nitrogen and oxygen atoms in total. The van der Waals surface area contributed by atoms with Gasteiger partial charge in [0, 0.05) is 0 Å². The van der Waals surface area contributed by atoms with Crippen LogP contribution in [0.4, 0.5) is 0 Å². The standard InChI is InChI=1S/C17H21O2P/c1-2-17(16-11-7-4-8-12-16)20(18)19-14-13-15-9-5-3-6-10-15/h3-12,17,20H,2,13-14H2,1H3. The predicted octanol–water partition coefficient (Wildman–Crippen LogP) is 4.87. The topological polar surface area (TPSA) is 26.3 Å². The average Bonchev–Trinajstić information content (AvgIpc) is 2.50. The fourth-order valence-electron chi connectivity index (χ4n) is 2.24. The summed E-state index contributed by atoms with van der Waals surface area (Å²) in [7, 11) is -2.05. The zero-order chi connectivity index (χ0) is 14.2. The van der Waals surface area contributed by atoms with Crippen LogP contribution in [0.2, 0.25) is 0 Å².